The Morgan fingerprint density at radius 3 is 2.21 bits per heavy atom. The number of hydrogen-bond acceptors (Lipinski definition) is 6. The van der Waals surface area contributed by atoms with Crippen molar-refractivity contribution in [2.45, 2.75) is 53.2 Å². The fraction of sp³-hybridized carbons (Fsp3) is 0.407. The van der Waals surface area contributed by atoms with Gasteiger partial charge in [0, 0.05) is 12.6 Å². The number of benzene rings is 2. The summed E-state index contributed by atoms with van der Waals surface area (Å²) in [5, 5.41) is 11.4. The van der Waals surface area contributed by atoms with Gasteiger partial charge in [0.25, 0.3) is 11.7 Å². The van der Waals surface area contributed by atoms with Crippen LogP contribution in [-0.2, 0) is 9.59 Å². The molecule has 2 aromatic carbocycles. The first kappa shape index (κ1) is 25.1. The van der Waals surface area contributed by atoms with Crippen LogP contribution in [0.3, 0.4) is 0 Å². The van der Waals surface area contributed by atoms with Crippen LogP contribution in [0.25, 0.3) is 5.76 Å². The number of nitrogens with zero attached hydrogens (tertiary/aromatic N) is 1. The minimum absolute atomic E-state index is 0.0215. The van der Waals surface area contributed by atoms with E-state index in [1.807, 2.05) is 58.9 Å². The van der Waals surface area contributed by atoms with E-state index < -0.39 is 17.7 Å². The maximum absolute atomic E-state index is 13.1. The zero-order valence-electron chi connectivity index (χ0n) is 20.5. The van der Waals surface area contributed by atoms with Crippen molar-refractivity contribution < 1.29 is 28.9 Å². The fourth-order valence-corrected chi connectivity index (χ4v) is 4.07. The monoisotopic (exact) mass is 467 g/mol. The molecule has 7 nitrogen and oxygen atoms in total. The van der Waals surface area contributed by atoms with Crippen LogP contribution in [0.1, 0.15) is 58.2 Å². The molecule has 0 bridgehead atoms. The van der Waals surface area contributed by atoms with Crippen LogP contribution in [0.2, 0.25) is 0 Å². The lowest BCUT2D eigenvalue weighted by molar-refractivity contribution is -0.139. The normalized spacial score (nSPS) is 17.4. The summed E-state index contributed by atoms with van der Waals surface area (Å²) in [6, 6.07) is 11.6. The van der Waals surface area contributed by atoms with Crippen LogP contribution < -0.4 is 14.2 Å². The molecule has 1 aliphatic rings. The third kappa shape index (κ3) is 5.19. The minimum Gasteiger partial charge on any atom is -0.507 e. The maximum Gasteiger partial charge on any atom is 0.295 e. The highest BCUT2D eigenvalue weighted by molar-refractivity contribution is 6.46. The van der Waals surface area contributed by atoms with E-state index in [1.54, 1.807) is 18.2 Å². The largest absolute Gasteiger partial charge is 0.507 e. The van der Waals surface area contributed by atoms with Gasteiger partial charge in [-0.15, -0.1) is 0 Å². The summed E-state index contributed by atoms with van der Waals surface area (Å²) in [4.78, 5) is 27.6. The van der Waals surface area contributed by atoms with Crippen molar-refractivity contribution >= 4 is 17.4 Å². The van der Waals surface area contributed by atoms with Crippen LogP contribution in [0.15, 0.2) is 48.0 Å². The molecule has 3 rings (SSSR count). The van der Waals surface area contributed by atoms with E-state index in [-0.39, 0.29) is 17.4 Å². The molecule has 1 heterocycles. The average Bonchev–Trinajstić information content (AvgIpc) is 3.05. The quantitative estimate of drug-likeness (QED) is 0.297. The van der Waals surface area contributed by atoms with Gasteiger partial charge in [0.1, 0.15) is 23.0 Å². The molecule has 0 aromatic heterocycles. The molecule has 34 heavy (non-hydrogen) atoms. The number of aliphatic hydroxyl groups excluding tert-OH is 1. The molecule has 1 amide bonds. The molecule has 1 atom stereocenters. The van der Waals surface area contributed by atoms with Crippen LogP contribution in [0.5, 0.6) is 17.2 Å². The number of ether oxygens (including phenoxy) is 3. The fourth-order valence-electron chi connectivity index (χ4n) is 4.07. The van der Waals surface area contributed by atoms with Gasteiger partial charge in [-0.05, 0) is 63.9 Å². The van der Waals surface area contributed by atoms with Gasteiger partial charge < -0.3 is 24.2 Å². The second-order valence-corrected chi connectivity index (χ2v) is 8.25. The summed E-state index contributed by atoms with van der Waals surface area (Å²) >= 11 is 0. The Hall–Kier alpha value is -3.48. The van der Waals surface area contributed by atoms with Crippen molar-refractivity contribution in [2.24, 2.45) is 0 Å². The highest BCUT2D eigenvalue weighted by atomic mass is 16.5. The third-order valence-corrected chi connectivity index (χ3v) is 5.39. The van der Waals surface area contributed by atoms with Gasteiger partial charge in [0.15, 0.2) is 0 Å². The molecular weight excluding hydrogens is 434 g/mol. The van der Waals surface area contributed by atoms with Crippen LogP contribution >= 0.6 is 0 Å². The summed E-state index contributed by atoms with van der Waals surface area (Å²) in [6.07, 6.45) is 0.693. The van der Waals surface area contributed by atoms with Gasteiger partial charge in [0.05, 0.1) is 36.5 Å². The number of ketones is 1. The van der Waals surface area contributed by atoms with Crippen molar-refractivity contribution in [3.63, 3.8) is 0 Å². The maximum atomic E-state index is 13.1. The summed E-state index contributed by atoms with van der Waals surface area (Å²) in [5.41, 5.74) is 1.10. The number of likely N-dealkylation sites (tertiary alicyclic amines) is 1. The molecule has 0 spiro atoms. The van der Waals surface area contributed by atoms with Gasteiger partial charge in [-0.25, -0.2) is 0 Å². The Balaban J connectivity index is 2.14. The SMILES string of the molecule is CCCN1C(=O)C(=O)/C(=C(\O)c2ccc(OCC)cc2OCC)C1c1ccc(OC(C)C)cc1. The Labute approximate surface area is 200 Å². The number of carbonyl (C=O) groups excluding carboxylic acids is 2. The van der Waals surface area contributed by atoms with Crippen LogP contribution in [-0.4, -0.2) is 47.6 Å². The molecular formula is C27H33NO6. The van der Waals surface area contributed by atoms with E-state index in [2.05, 4.69) is 0 Å². The van der Waals surface area contributed by atoms with Crippen molar-refractivity contribution in [1.29, 1.82) is 0 Å². The number of rotatable bonds is 10. The number of carbonyl (C=O) groups is 2. The van der Waals surface area contributed by atoms with Crippen molar-refractivity contribution in [2.75, 3.05) is 19.8 Å². The Bertz CT molecular complexity index is 1060. The molecule has 1 fully saturated rings. The first-order valence-corrected chi connectivity index (χ1v) is 11.8. The highest BCUT2D eigenvalue weighted by Gasteiger charge is 2.46. The topological polar surface area (TPSA) is 85.3 Å². The summed E-state index contributed by atoms with van der Waals surface area (Å²) in [7, 11) is 0. The summed E-state index contributed by atoms with van der Waals surface area (Å²) in [5.74, 6) is 0.0557. The van der Waals surface area contributed by atoms with Gasteiger partial charge in [-0.3, -0.25) is 9.59 Å². The van der Waals surface area contributed by atoms with Crippen LogP contribution in [0, 0.1) is 0 Å². The molecule has 2 aromatic rings. The zero-order chi connectivity index (χ0) is 24.8. The standard InChI is InChI=1S/C27H33NO6/c1-6-15-28-24(18-9-11-19(12-10-18)34-17(4)5)23(26(30)27(28)31)25(29)21-14-13-20(32-7-2)16-22(21)33-8-3/h9-14,16-17,24,29H,6-8,15H2,1-5H3/b25-23-. The predicted octanol–water partition coefficient (Wildman–Crippen LogP) is 5.10. The average molecular weight is 468 g/mol. The minimum atomic E-state index is -0.714. The predicted molar refractivity (Wildman–Crippen MR) is 130 cm³/mol. The summed E-state index contributed by atoms with van der Waals surface area (Å²) in [6.45, 7) is 10.8. The molecule has 1 saturated heterocycles. The number of hydrogen-bond donors (Lipinski definition) is 1. The molecule has 1 aliphatic heterocycles. The molecule has 1 unspecified atom stereocenters. The molecule has 182 valence electrons. The smallest absolute Gasteiger partial charge is 0.295 e. The Kier molecular flexibility index (Phi) is 8.21. The molecule has 0 saturated carbocycles. The van der Waals surface area contributed by atoms with Crippen molar-refractivity contribution in [1.82, 2.24) is 4.90 Å². The first-order chi connectivity index (χ1) is 16.3. The number of amides is 1. The summed E-state index contributed by atoms with van der Waals surface area (Å²) < 4.78 is 17.0. The zero-order valence-corrected chi connectivity index (χ0v) is 20.5. The number of aliphatic hydroxyl groups is 1. The van der Waals surface area contributed by atoms with E-state index in [9.17, 15) is 14.7 Å². The lowest BCUT2D eigenvalue weighted by Gasteiger charge is -2.25. The van der Waals surface area contributed by atoms with E-state index in [0.29, 0.717) is 54.6 Å². The van der Waals surface area contributed by atoms with E-state index in [4.69, 9.17) is 14.2 Å². The van der Waals surface area contributed by atoms with Crippen molar-refractivity contribution in [3.8, 4) is 17.2 Å². The third-order valence-electron chi connectivity index (χ3n) is 5.39. The lowest BCUT2D eigenvalue weighted by Crippen LogP contribution is -2.30. The Morgan fingerprint density at radius 1 is 0.971 bits per heavy atom. The van der Waals surface area contributed by atoms with Crippen molar-refractivity contribution in [3.05, 3.63) is 59.2 Å². The van der Waals surface area contributed by atoms with Gasteiger partial charge >= 0.3 is 0 Å². The molecule has 7 heteroatoms. The highest BCUT2D eigenvalue weighted by Crippen LogP contribution is 2.42. The van der Waals surface area contributed by atoms with E-state index in [0.717, 1.165) is 0 Å². The second-order valence-electron chi connectivity index (χ2n) is 8.25. The number of Topliss-reactive ketones (excluding diaryl/α,β-unsaturated/α-hetero) is 1. The molecule has 0 radical (unpaired) electrons. The van der Waals surface area contributed by atoms with E-state index >= 15 is 0 Å². The van der Waals surface area contributed by atoms with Gasteiger partial charge in [-0.2, -0.15) is 0 Å². The molecule has 0 aliphatic carbocycles. The first-order valence-electron chi connectivity index (χ1n) is 11.8. The van der Waals surface area contributed by atoms with Crippen LogP contribution in [0.4, 0.5) is 0 Å². The van der Waals surface area contributed by atoms with Gasteiger partial charge in [-0.1, -0.05) is 19.1 Å². The Morgan fingerprint density at radius 2 is 1.62 bits per heavy atom. The lowest BCUT2D eigenvalue weighted by atomic mass is 9.95. The van der Waals surface area contributed by atoms with Gasteiger partial charge in [0.2, 0.25) is 0 Å². The van der Waals surface area contributed by atoms with E-state index in [1.165, 1.54) is 4.90 Å². The second kappa shape index (κ2) is 11.1. The molecule has 1 N–H and O–H groups in total.